The van der Waals surface area contributed by atoms with E-state index in [0.29, 0.717) is 5.92 Å². The standard InChI is InChI=1S/C18H31N3O.HI/c1-5-6-7-10-13-20-18(19-3)21-14-15(2)16-11-8-9-12-17(16)22-4;/h8-9,11-12,15H,5-7,10,13-14H2,1-4H3,(H2,19,20,21);1H. The third-order valence-corrected chi connectivity index (χ3v) is 3.79. The second-order valence-electron chi connectivity index (χ2n) is 5.58. The Bertz CT molecular complexity index is 452. The number of ether oxygens (including phenoxy) is 1. The molecule has 1 atom stereocenters. The molecule has 23 heavy (non-hydrogen) atoms. The van der Waals surface area contributed by atoms with Gasteiger partial charge >= 0.3 is 0 Å². The Morgan fingerprint density at radius 1 is 1.17 bits per heavy atom. The summed E-state index contributed by atoms with van der Waals surface area (Å²) in [5.74, 6) is 2.17. The van der Waals surface area contributed by atoms with Crippen molar-refractivity contribution in [1.29, 1.82) is 0 Å². The number of benzene rings is 1. The Labute approximate surface area is 158 Å². The van der Waals surface area contributed by atoms with Crippen LogP contribution in [0.25, 0.3) is 0 Å². The van der Waals surface area contributed by atoms with Crippen LogP contribution in [0, 0.1) is 0 Å². The van der Waals surface area contributed by atoms with Gasteiger partial charge < -0.3 is 15.4 Å². The van der Waals surface area contributed by atoms with Crippen molar-refractivity contribution < 1.29 is 4.74 Å². The summed E-state index contributed by atoms with van der Waals surface area (Å²) in [7, 11) is 3.53. The smallest absolute Gasteiger partial charge is 0.190 e. The normalized spacial score (nSPS) is 12.3. The van der Waals surface area contributed by atoms with Crippen molar-refractivity contribution in [3.8, 4) is 5.75 Å². The maximum atomic E-state index is 5.43. The number of hydrogen-bond acceptors (Lipinski definition) is 2. The molecule has 0 saturated carbocycles. The lowest BCUT2D eigenvalue weighted by molar-refractivity contribution is 0.406. The molecule has 0 heterocycles. The lowest BCUT2D eigenvalue weighted by Gasteiger charge is -2.18. The van der Waals surface area contributed by atoms with Gasteiger partial charge in [-0.15, -0.1) is 24.0 Å². The Balaban J connectivity index is 0.00000484. The maximum absolute atomic E-state index is 5.43. The van der Waals surface area contributed by atoms with Gasteiger partial charge in [-0.3, -0.25) is 4.99 Å². The molecule has 0 bridgehead atoms. The highest BCUT2D eigenvalue weighted by Crippen LogP contribution is 2.25. The van der Waals surface area contributed by atoms with Gasteiger partial charge in [0.05, 0.1) is 7.11 Å². The largest absolute Gasteiger partial charge is 0.496 e. The number of hydrogen-bond donors (Lipinski definition) is 2. The zero-order chi connectivity index (χ0) is 16.2. The summed E-state index contributed by atoms with van der Waals surface area (Å²) < 4.78 is 5.43. The second kappa shape index (κ2) is 13.5. The molecule has 5 heteroatoms. The van der Waals surface area contributed by atoms with E-state index < -0.39 is 0 Å². The maximum Gasteiger partial charge on any atom is 0.190 e. The molecule has 0 fully saturated rings. The van der Waals surface area contributed by atoms with Crippen molar-refractivity contribution >= 4 is 29.9 Å². The zero-order valence-electron chi connectivity index (χ0n) is 14.9. The third kappa shape index (κ3) is 8.44. The molecule has 0 spiro atoms. The first-order chi connectivity index (χ1) is 10.7. The van der Waals surface area contributed by atoms with Crippen molar-refractivity contribution in [2.45, 2.75) is 45.4 Å². The molecule has 1 aromatic rings. The SMILES string of the molecule is CCCCCCNC(=NC)NCC(C)c1ccccc1OC.I. The molecule has 0 aliphatic rings. The Morgan fingerprint density at radius 3 is 2.57 bits per heavy atom. The van der Waals surface area contributed by atoms with Gasteiger partial charge in [0.2, 0.25) is 0 Å². The molecule has 132 valence electrons. The van der Waals surface area contributed by atoms with E-state index in [4.69, 9.17) is 4.74 Å². The van der Waals surface area contributed by atoms with Crippen LogP contribution < -0.4 is 15.4 Å². The number of methoxy groups -OCH3 is 1. The molecule has 4 nitrogen and oxygen atoms in total. The number of guanidine groups is 1. The van der Waals surface area contributed by atoms with E-state index in [2.05, 4.69) is 41.6 Å². The lowest BCUT2D eigenvalue weighted by atomic mass is 10.0. The van der Waals surface area contributed by atoms with Gasteiger partial charge in [0.15, 0.2) is 5.96 Å². The van der Waals surface area contributed by atoms with Crippen LogP contribution in [0.5, 0.6) is 5.75 Å². The third-order valence-electron chi connectivity index (χ3n) is 3.79. The number of nitrogens with zero attached hydrogens (tertiary/aromatic N) is 1. The Kier molecular flexibility index (Phi) is 12.9. The minimum atomic E-state index is 0. The predicted molar refractivity (Wildman–Crippen MR) is 110 cm³/mol. The summed E-state index contributed by atoms with van der Waals surface area (Å²) >= 11 is 0. The number of para-hydroxylation sites is 1. The molecular weight excluding hydrogens is 401 g/mol. The van der Waals surface area contributed by atoms with Crippen LogP contribution in [0.3, 0.4) is 0 Å². The summed E-state index contributed by atoms with van der Waals surface area (Å²) in [6.45, 7) is 6.23. The topological polar surface area (TPSA) is 45.7 Å². The van der Waals surface area contributed by atoms with Crippen LogP contribution in [0.4, 0.5) is 0 Å². The number of rotatable bonds is 9. The lowest BCUT2D eigenvalue weighted by Crippen LogP contribution is -2.39. The molecule has 1 aromatic carbocycles. The van der Waals surface area contributed by atoms with Crippen LogP contribution in [0.1, 0.15) is 51.0 Å². The van der Waals surface area contributed by atoms with Gasteiger partial charge in [-0.05, 0) is 18.1 Å². The monoisotopic (exact) mass is 433 g/mol. The van der Waals surface area contributed by atoms with E-state index in [9.17, 15) is 0 Å². The first-order valence-electron chi connectivity index (χ1n) is 8.30. The van der Waals surface area contributed by atoms with Crippen molar-refractivity contribution in [1.82, 2.24) is 10.6 Å². The summed E-state index contributed by atoms with van der Waals surface area (Å²) in [5, 5.41) is 6.76. The molecule has 1 rings (SSSR count). The molecule has 0 aromatic heterocycles. The first-order valence-corrected chi connectivity index (χ1v) is 8.30. The van der Waals surface area contributed by atoms with Crippen LogP contribution in [-0.2, 0) is 0 Å². The van der Waals surface area contributed by atoms with Crippen molar-refractivity contribution in [2.75, 3.05) is 27.2 Å². The van der Waals surface area contributed by atoms with Gasteiger partial charge in [0.25, 0.3) is 0 Å². The number of halogens is 1. The highest BCUT2D eigenvalue weighted by Gasteiger charge is 2.11. The highest BCUT2D eigenvalue weighted by atomic mass is 127. The summed E-state index contributed by atoms with van der Waals surface area (Å²) in [4.78, 5) is 4.28. The van der Waals surface area contributed by atoms with Crippen LogP contribution in [0.15, 0.2) is 29.3 Å². The van der Waals surface area contributed by atoms with Crippen LogP contribution >= 0.6 is 24.0 Å². The minimum Gasteiger partial charge on any atom is -0.496 e. The van der Waals surface area contributed by atoms with E-state index in [1.54, 1.807) is 7.11 Å². The summed E-state index contributed by atoms with van der Waals surface area (Å²) in [6, 6.07) is 8.17. The highest BCUT2D eigenvalue weighted by molar-refractivity contribution is 14.0. The Morgan fingerprint density at radius 2 is 1.91 bits per heavy atom. The van der Waals surface area contributed by atoms with Crippen LogP contribution in [0.2, 0.25) is 0 Å². The molecule has 0 radical (unpaired) electrons. The number of unbranched alkanes of at least 4 members (excludes halogenated alkanes) is 3. The number of nitrogens with one attached hydrogen (secondary N) is 2. The fourth-order valence-corrected chi connectivity index (χ4v) is 2.41. The Hall–Kier alpha value is -0.980. The molecular formula is C18H32IN3O. The first kappa shape index (κ1) is 22.0. The average Bonchev–Trinajstić information content (AvgIpc) is 2.57. The quantitative estimate of drug-likeness (QED) is 0.266. The van der Waals surface area contributed by atoms with Gasteiger partial charge in [-0.25, -0.2) is 0 Å². The fourth-order valence-electron chi connectivity index (χ4n) is 2.41. The van der Waals surface area contributed by atoms with E-state index in [1.165, 1.54) is 31.2 Å². The van der Waals surface area contributed by atoms with E-state index in [-0.39, 0.29) is 24.0 Å². The molecule has 1 unspecified atom stereocenters. The van der Waals surface area contributed by atoms with Gasteiger partial charge in [0, 0.05) is 26.1 Å². The summed E-state index contributed by atoms with van der Waals surface area (Å²) in [5.41, 5.74) is 1.22. The number of aliphatic imine (C=N–C) groups is 1. The zero-order valence-corrected chi connectivity index (χ0v) is 17.2. The van der Waals surface area contributed by atoms with Gasteiger partial charge in [-0.1, -0.05) is 51.3 Å². The van der Waals surface area contributed by atoms with Crippen LogP contribution in [-0.4, -0.2) is 33.2 Å². The average molecular weight is 433 g/mol. The fraction of sp³-hybridized carbons (Fsp3) is 0.611. The van der Waals surface area contributed by atoms with Gasteiger partial charge in [-0.2, -0.15) is 0 Å². The predicted octanol–water partition coefficient (Wildman–Crippen LogP) is 4.16. The van der Waals surface area contributed by atoms with E-state index in [0.717, 1.165) is 24.8 Å². The molecule has 0 aliphatic heterocycles. The second-order valence-corrected chi connectivity index (χ2v) is 5.58. The van der Waals surface area contributed by atoms with Crippen molar-refractivity contribution in [3.05, 3.63) is 29.8 Å². The van der Waals surface area contributed by atoms with E-state index in [1.807, 2.05) is 19.2 Å². The van der Waals surface area contributed by atoms with E-state index >= 15 is 0 Å². The van der Waals surface area contributed by atoms with Crippen molar-refractivity contribution in [2.24, 2.45) is 4.99 Å². The van der Waals surface area contributed by atoms with Gasteiger partial charge in [0.1, 0.15) is 5.75 Å². The summed E-state index contributed by atoms with van der Waals surface area (Å²) in [6.07, 6.45) is 5.04. The molecule has 0 saturated heterocycles. The van der Waals surface area contributed by atoms with Crippen molar-refractivity contribution in [3.63, 3.8) is 0 Å². The molecule has 2 N–H and O–H groups in total. The molecule has 0 amide bonds. The minimum absolute atomic E-state index is 0. The molecule has 0 aliphatic carbocycles.